The molecule has 0 aliphatic carbocycles. The summed E-state index contributed by atoms with van der Waals surface area (Å²) in [6.07, 6.45) is 1.15. The minimum Gasteiger partial charge on any atom is -0.480 e. The summed E-state index contributed by atoms with van der Waals surface area (Å²) in [7, 11) is 0. The van der Waals surface area contributed by atoms with Crippen LogP contribution in [-0.4, -0.2) is 39.0 Å². The number of amides is 1. The Kier molecular flexibility index (Phi) is 6.99. The Morgan fingerprint density at radius 3 is 2.54 bits per heavy atom. The van der Waals surface area contributed by atoms with E-state index < -0.39 is 18.1 Å². The summed E-state index contributed by atoms with van der Waals surface area (Å²) in [6, 6.07) is 3.56. The van der Waals surface area contributed by atoms with Crippen molar-refractivity contribution in [2.24, 2.45) is 0 Å². The maximum Gasteiger partial charge on any atom is 0.323 e. The first-order valence-corrected chi connectivity index (χ1v) is 7.42. The van der Waals surface area contributed by atoms with Gasteiger partial charge in [-0.05, 0) is 31.5 Å². The van der Waals surface area contributed by atoms with Gasteiger partial charge in [0, 0.05) is 5.69 Å². The molecule has 8 nitrogen and oxygen atoms in total. The number of halogens is 1. The monoisotopic (exact) mass is 356 g/mol. The van der Waals surface area contributed by atoms with Crippen molar-refractivity contribution in [3.05, 3.63) is 28.7 Å². The summed E-state index contributed by atoms with van der Waals surface area (Å²) in [5, 5.41) is 14.6. The number of fused-ring (bicyclic) bond motifs is 1. The van der Waals surface area contributed by atoms with E-state index in [0.29, 0.717) is 29.6 Å². The Labute approximate surface area is 144 Å². The van der Waals surface area contributed by atoms with Crippen molar-refractivity contribution >= 4 is 41.0 Å². The van der Waals surface area contributed by atoms with Crippen molar-refractivity contribution in [2.45, 2.75) is 38.8 Å². The number of hydrogen-bond acceptors (Lipinski definition) is 4. The zero-order valence-electron chi connectivity index (χ0n) is 13.4. The van der Waals surface area contributed by atoms with E-state index in [4.69, 9.17) is 5.11 Å². The summed E-state index contributed by atoms with van der Waals surface area (Å²) >= 11 is 0. The van der Waals surface area contributed by atoms with Gasteiger partial charge in [0.2, 0.25) is 5.91 Å². The number of nitrogens with one attached hydrogen (secondary N) is 4. The molecule has 0 aliphatic heterocycles. The number of carboxylic acids is 1. The molecule has 0 bridgehead atoms. The van der Waals surface area contributed by atoms with Gasteiger partial charge in [0.15, 0.2) is 0 Å². The lowest BCUT2D eigenvalue weighted by atomic mass is 10.1. The predicted molar refractivity (Wildman–Crippen MR) is 93.7 cm³/mol. The Balaban J connectivity index is 0.00000288. The topological polar surface area (TPSA) is 127 Å². The predicted octanol–water partition coefficient (Wildman–Crippen LogP) is 1.45. The van der Waals surface area contributed by atoms with Crippen LogP contribution in [0.5, 0.6) is 0 Å². The number of H-pyrrole nitrogens is 2. The van der Waals surface area contributed by atoms with Crippen LogP contribution < -0.4 is 16.3 Å². The van der Waals surface area contributed by atoms with Crippen LogP contribution in [0.2, 0.25) is 0 Å². The van der Waals surface area contributed by atoms with Crippen molar-refractivity contribution in [2.75, 3.05) is 5.32 Å². The summed E-state index contributed by atoms with van der Waals surface area (Å²) < 4.78 is 0. The SMILES string of the molecule is CCCC(NC(C)C(=O)Nc1ccc2[nH]c(=O)[nH]c2c1)C(=O)O.Cl. The van der Waals surface area contributed by atoms with Gasteiger partial charge < -0.3 is 20.4 Å². The smallest absolute Gasteiger partial charge is 0.323 e. The minimum absolute atomic E-state index is 0. The number of carboxylic acid groups (broad SMARTS) is 1. The average Bonchev–Trinajstić information content (AvgIpc) is 2.85. The number of imidazole rings is 1. The molecule has 2 atom stereocenters. The standard InChI is InChI=1S/C15H20N4O4.ClH/c1-3-4-11(14(21)22)16-8(2)13(20)17-9-5-6-10-12(7-9)19-15(23)18-10;/h5-8,11,16H,3-4H2,1-2H3,(H,17,20)(H,21,22)(H2,18,19,23);1H. The molecule has 1 aromatic carbocycles. The highest BCUT2D eigenvalue weighted by Gasteiger charge is 2.22. The number of aliphatic carboxylic acids is 1. The number of anilines is 1. The molecule has 0 saturated carbocycles. The summed E-state index contributed by atoms with van der Waals surface area (Å²) in [4.78, 5) is 39.7. The van der Waals surface area contributed by atoms with Crippen molar-refractivity contribution in [3.8, 4) is 0 Å². The number of aromatic amines is 2. The molecule has 2 aromatic rings. The lowest BCUT2D eigenvalue weighted by Crippen LogP contribution is -2.47. The fraction of sp³-hybridized carbons (Fsp3) is 0.400. The molecule has 0 saturated heterocycles. The zero-order valence-corrected chi connectivity index (χ0v) is 14.2. The van der Waals surface area contributed by atoms with Gasteiger partial charge in [-0.3, -0.25) is 14.9 Å². The maximum absolute atomic E-state index is 12.2. The van der Waals surface area contributed by atoms with Crippen LogP contribution in [0.1, 0.15) is 26.7 Å². The second-order valence-electron chi connectivity index (χ2n) is 5.40. The van der Waals surface area contributed by atoms with Gasteiger partial charge in [0.05, 0.1) is 17.1 Å². The molecule has 9 heteroatoms. The second kappa shape index (κ2) is 8.51. The van der Waals surface area contributed by atoms with E-state index in [0.717, 1.165) is 0 Å². The lowest BCUT2D eigenvalue weighted by Gasteiger charge is -2.19. The maximum atomic E-state index is 12.2. The second-order valence-corrected chi connectivity index (χ2v) is 5.40. The molecule has 2 rings (SSSR count). The van der Waals surface area contributed by atoms with Crippen molar-refractivity contribution in [1.82, 2.24) is 15.3 Å². The van der Waals surface area contributed by atoms with Crippen LogP contribution in [0, 0.1) is 0 Å². The van der Waals surface area contributed by atoms with Gasteiger partial charge in [-0.25, -0.2) is 4.79 Å². The molecule has 1 heterocycles. The van der Waals surface area contributed by atoms with Crippen molar-refractivity contribution < 1.29 is 14.7 Å². The molecule has 0 spiro atoms. The van der Waals surface area contributed by atoms with E-state index in [1.54, 1.807) is 25.1 Å². The van der Waals surface area contributed by atoms with E-state index in [9.17, 15) is 14.4 Å². The minimum atomic E-state index is -0.974. The Hall–Kier alpha value is -2.32. The normalized spacial score (nSPS) is 13.1. The third-order valence-electron chi connectivity index (χ3n) is 3.50. The average molecular weight is 357 g/mol. The highest BCUT2D eigenvalue weighted by molar-refractivity contribution is 5.96. The number of carbonyl (C=O) groups excluding carboxylic acids is 1. The van der Waals surface area contributed by atoms with Gasteiger partial charge in [-0.1, -0.05) is 13.3 Å². The molecule has 0 fully saturated rings. The molecule has 0 aliphatic rings. The summed E-state index contributed by atoms with van der Waals surface area (Å²) in [6.45, 7) is 3.49. The number of benzene rings is 1. The van der Waals surface area contributed by atoms with Gasteiger partial charge in [-0.2, -0.15) is 0 Å². The Bertz CT molecular complexity index is 770. The first kappa shape index (κ1) is 19.7. The largest absolute Gasteiger partial charge is 0.480 e. The van der Waals surface area contributed by atoms with Crippen molar-refractivity contribution in [1.29, 1.82) is 0 Å². The van der Waals surface area contributed by atoms with E-state index in [1.807, 2.05) is 6.92 Å². The number of aromatic nitrogens is 2. The van der Waals surface area contributed by atoms with E-state index in [2.05, 4.69) is 20.6 Å². The Morgan fingerprint density at radius 2 is 1.92 bits per heavy atom. The van der Waals surface area contributed by atoms with Crippen LogP contribution in [0.15, 0.2) is 23.0 Å². The van der Waals surface area contributed by atoms with E-state index in [1.165, 1.54) is 0 Å². The molecule has 24 heavy (non-hydrogen) atoms. The van der Waals surface area contributed by atoms with Crippen LogP contribution in [0.25, 0.3) is 11.0 Å². The van der Waals surface area contributed by atoms with E-state index in [-0.39, 0.29) is 24.0 Å². The van der Waals surface area contributed by atoms with Crippen LogP contribution in [0.3, 0.4) is 0 Å². The van der Waals surface area contributed by atoms with Crippen molar-refractivity contribution in [3.63, 3.8) is 0 Å². The fourth-order valence-corrected chi connectivity index (χ4v) is 2.31. The quantitative estimate of drug-likeness (QED) is 0.513. The first-order valence-electron chi connectivity index (χ1n) is 7.42. The molecule has 0 radical (unpaired) electrons. The summed E-state index contributed by atoms with van der Waals surface area (Å²) in [5.41, 5.74) is 1.44. The molecule has 2 unspecified atom stereocenters. The molecule has 132 valence electrons. The summed E-state index contributed by atoms with van der Waals surface area (Å²) in [5.74, 6) is -1.32. The van der Waals surface area contributed by atoms with Gasteiger partial charge in [-0.15, -0.1) is 12.4 Å². The zero-order chi connectivity index (χ0) is 17.0. The van der Waals surface area contributed by atoms with Gasteiger partial charge in [0.25, 0.3) is 0 Å². The van der Waals surface area contributed by atoms with Crippen LogP contribution in [-0.2, 0) is 9.59 Å². The number of hydrogen-bond donors (Lipinski definition) is 5. The lowest BCUT2D eigenvalue weighted by molar-refractivity contribution is -0.140. The van der Waals surface area contributed by atoms with Crippen LogP contribution >= 0.6 is 12.4 Å². The molecule has 1 amide bonds. The fourth-order valence-electron chi connectivity index (χ4n) is 2.31. The van der Waals surface area contributed by atoms with E-state index >= 15 is 0 Å². The molecular weight excluding hydrogens is 336 g/mol. The highest BCUT2D eigenvalue weighted by Crippen LogP contribution is 2.14. The molecule has 5 N–H and O–H groups in total. The third-order valence-corrected chi connectivity index (χ3v) is 3.50. The molecule has 1 aromatic heterocycles. The van der Waals surface area contributed by atoms with Crippen LogP contribution in [0.4, 0.5) is 5.69 Å². The third kappa shape index (κ3) is 4.84. The number of carbonyl (C=O) groups is 2. The van der Waals surface area contributed by atoms with Gasteiger partial charge in [0.1, 0.15) is 6.04 Å². The number of rotatable bonds is 7. The Morgan fingerprint density at radius 1 is 1.25 bits per heavy atom. The van der Waals surface area contributed by atoms with Gasteiger partial charge >= 0.3 is 11.7 Å². The molecular formula is C15H21ClN4O4. The highest BCUT2D eigenvalue weighted by atomic mass is 35.5. The first-order chi connectivity index (χ1) is 10.9.